The van der Waals surface area contributed by atoms with Crippen LogP contribution >= 0.6 is 0 Å². The van der Waals surface area contributed by atoms with Crippen molar-refractivity contribution in [1.29, 1.82) is 0 Å². The fourth-order valence-electron chi connectivity index (χ4n) is 0.295. The monoisotopic (exact) mass is 158 g/mol. The zero-order valence-electron chi connectivity index (χ0n) is 7.22. The number of hydrogen-bond donors (Lipinski definition) is 0. The van der Waals surface area contributed by atoms with Crippen molar-refractivity contribution < 1.29 is 14.6 Å². The largest absolute Gasteiger partial charge is 0.368 e. The van der Waals surface area contributed by atoms with Gasteiger partial charge >= 0.3 is 5.97 Å². The Morgan fingerprint density at radius 3 is 2.45 bits per heavy atom. The first-order valence-electron chi connectivity index (χ1n) is 3.53. The van der Waals surface area contributed by atoms with Gasteiger partial charge in [0.05, 0.1) is 6.61 Å². The van der Waals surface area contributed by atoms with Crippen LogP contribution in [0.2, 0.25) is 0 Å². The van der Waals surface area contributed by atoms with Crippen molar-refractivity contribution in [2.45, 2.75) is 20.8 Å². The number of rotatable bonds is 4. The lowest BCUT2D eigenvalue weighted by molar-refractivity contribution is -0.272. The van der Waals surface area contributed by atoms with Crippen LogP contribution in [0.3, 0.4) is 0 Å². The Morgan fingerprint density at radius 1 is 1.55 bits per heavy atom. The summed E-state index contributed by atoms with van der Waals surface area (Å²) in [5.74, 6) is -0.154. The summed E-state index contributed by atoms with van der Waals surface area (Å²) in [7, 11) is 0. The Labute approximate surface area is 66.9 Å². The minimum atomic E-state index is -0.509. The van der Waals surface area contributed by atoms with E-state index < -0.39 is 5.97 Å². The van der Waals surface area contributed by atoms with Crippen molar-refractivity contribution in [3.05, 3.63) is 12.2 Å². The molecule has 0 aliphatic carbocycles. The van der Waals surface area contributed by atoms with E-state index in [0.717, 1.165) is 0 Å². The molecule has 0 aromatic heterocycles. The van der Waals surface area contributed by atoms with Crippen LogP contribution in [0.5, 0.6) is 0 Å². The predicted molar refractivity (Wildman–Crippen MR) is 41.7 cm³/mol. The summed E-state index contributed by atoms with van der Waals surface area (Å²) in [6.07, 6.45) is 0. The normalized spacial score (nSPS) is 9.82. The third kappa shape index (κ3) is 5.61. The van der Waals surface area contributed by atoms with Crippen molar-refractivity contribution in [3.63, 3.8) is 0 Å². The third-order valence-corrected chi connectivity index (χ3v) is 0.884. The summed E-state index contributed by atoms with van der Waals surface area (Å²) >= 11 is 0. The van der Waals surface area contributed by atoms with Crippen LogP contribution in [-0.2, 0) is 14.6 Å². The van der Waals surface area contributed by atoms with Gasteiger partial charge in [-0.3, -0.25) is 4.89 Å². The zero-order valence-corrected chi connectivity index (χ0v) is 7.22. The molecule has 0 heterocycles. The Bertz CT molecular complexity index is 149. The molecule has 3 heteroatoms. The van der Waals surface area contributed by atoms with Gasteiger partial charge in [-0.1, -0.05) is 20.4 Å². The average Bonchev–Trinajstić information content (AvgIpc) is 1.86. The highest BCUT2D eigenvalue weighted by molar-refractivity contribution is 5.86. The molecule has 0 aromatic rings. The molecule has 0 unspecified atom stereocenters. The third-order valence-electron chi connectivity index (χ3n) is 0.884. The molecule has 0 amide bonds. The van der Waals surface area contributed by atoms with Gasteiger partial charge in [0.2, 0.25) is 0 Å². The zero-order chi connectivity index (χ0) is 8.85. The first kappa shape index (κ1) is 10.2. The summed E-state index contributed by atoms with van der Waals surface area (Å²) in [4.78, 5) is 19.7. The van der Waals surface area contributed by atoms with Crippen molar-refractivity contribution in [2.24, 2.45) is 5.92 Å². The van der Waals surface area contributed by atoms with Crippen LogP contribution < -0.4 is 0 Å². The van der Waals surface area contributed by atoms with Gasteiger partial charge in [0.1, 0.15) is 0 Å². The molecule has 0 N–H and O–H groups in total. The van der Waals surface area contributed by atoms with Crippen molar-refractivity contribution >= 4 is 5.97 Å². The molecular formula is C8H14O3. The van der Waals surface area contributed by atoms with Gasteiger partial charge in [-0.2, -0.15) is 4.89 Å². The van der Waals surface area contributed by atoms with Crippen LogP contribution in [0.15, 0.2) is 12.2 Å². The smallest absolute Gasteiger partial charge is 0.293 e. The highest BCUT2D eigenvalue weighted by Gasteiger charge is 2.04. The Morgan fingerprint density at radius 2 is 2.09 bits per heavy atom. The van der Waals surface area contributed by atoms with Crippen LogP contribution in [0.4, 0.5) is 0 Å². The average molecular weight is 158 g/mol. The molecule has 0 atom stereocenters. The minimum absolute atomic E-state index is 0.341. The molecule has 0 aliphatic rings. The Hall–Kier alpha value is -0.830. The topological polar surface area (TPSA) is 35.5 Å². The van der Waals surface area contributed by atoms with Gasteiger partial charge in [-0.25, -0.2) is 4.79 Å². The molecule has 11 heavy (non-hydrogen) atoms. The molecule has 0 fully saturated rings. The van der Waals surface area contributed by atoms with E-state index in [9.17, 15) is 4.79 Å². The number of hydrogen-bond acceptors (Lipinski definition) is 3. The SMILES string of the molecule is C=C(C)C(=O)OOCC(C)C. The lowest BCUT2D eigenvalue weighted by Crippen LogP contribution is -2.09. The van der Waals surface area contributed by atoms with Gasteiger partial charge in [-0.05, 0) is 12.8 Å². The lowest BCUT2D eigenvalue weighted by atomic mass is 10.2. The maximum atomic E-state index is 10.7. The van der Waals surface area contributed by atoms with Gasteiger partial charge < -0.3 is 0 Å². The molecule has 0 aromatic carbocycles. The fourth-order valence-corrected chi connectivity index (χ4v) is 0.295. The van der Waals surface area contributed by atoms with Crippen LogP contribution in [-0.4, -0.2) is 12.6 Å². The van der Waals surface area contributed by atoms with Gasteiger partial charge in [0.15, 0.2) is 0 Å². The van der Waals surface area contributed by atoms with E-state index in [-0.39, 0.29) is 0 Å². The predicted octanol–water partition coefficient (Wildman–Crippen LogP) is 1.69. The molecule has 0 radical (unpaired) electrons. The van der Waals surface area contributed by atoms with Crippen molar-refractivity contribution in [1.82, 2.24) is 0 Å². The quantitative estimate of drug-likeness (QED) is 0.355. The molecule has 0 spiro atoms. The molecule has 0 bridgehead atoms. The van der Waals surface area contributed by atoms with E-state index in [1.165, 1.54) is 0 Å². The summed E-state index contributed by atoms with van der Waals surface area (Å²) in [5.41, 5.74) is 0.341. The van der Waals surface area contributed by atoms with E-state index in [4.69, 9.17) is 0 Å². The number of carbonyl (C=O) groups is 1. The van der Waals surface area contributed by atoms with E-state index in [1.54, 1.807) is 6.92 Å². The van der Waals surface area contributed by atoms with E-state index in [0.29, 0.717) is 18.1 Å². The minimum Gasteiger partial charge on any atom is -0.293 e. The standard InChI is InChI=1S/C8H14O3/c1-6(2)5-10-11-8(9)7(3)4/h6H,3,5H2,1-2,4H3. The second-order valence-electron chi connectivity index (χ2n) is 2.83. The summed E-state index contributed by atoms with van der Waals surface area (Å²) in [5, 5.41) is 0. The Balaban J connectivity index is 3.40. The van der Waals surface area contributed by atoms with Crippen molar-refractivity contribution in [2.75, 3.05) is 6.61 Å². The first-order valence-corrected chi connectivity index (χ1v) is 3.53. The van der Waals surface area contributed by atoms with Gasteiger partial charge in [0.25, 0.3) is 0 Å². The second kappa shape index (κ2) is 4.91. The lowest BCUT2D eigenvalue weighted by Gasteiger charge is -2.04. The maximum absolute atomic E-state index is 10.7. The summed E-state index contributed by atoms with van der Waals surface area (Å²) in [6.45, 7) is 9.32. The van der Waals surface area contributed by atoms with E-state index in [2.05, 4.69) is 16.4 Å². The highest BCUT2D eigenvalue weighted by Crippen LogP contribution is 1.96. The van der Waals surface area contributed by atoms with E-state index >= 15 is 0 Å². The van der Waals surface area contributed by atoms with Gasteiger partial charge in [-0.15, -0.1) is 0 Å². The Kier molecular flexibility index (Phi) is 4.54. The molecule has 3 nitrogen and oxygen atoms in total. The van der Waals surface area contributed by atoms with Crippen LogP contribution in [0.25, 0.3) is 0 Å². The summed E-state index contributed by atoms with van der Waals surface area (Å²) < 4.78 is 0. The molecule has 64 valence electrons. The molecule has 0 saturated heterocycles. The highest BCUT2D eigenvalue weighted by atomic mass is 17.2. The van der Waals surface area contributed by atoms with E-state index in [1.807, 2.05) is 13.8 Å². The van der Waals surface area contributed by atoms with Gasteiger partial charge in [0, 0.05) is 5.57 Å². The second-order valence-corrected chi connectivity index (χ2v) is 2.83. The summed E-state index contributed by atoms with van der Waals surface area (Å²) in [6, 6.07) is 0. The first-order chi connectivity index (χ1) is 5.04. The fraction of sp³-hybridized carbons (Fsp3) is 0.625. The van der Waals surface area contributed by atoms with Crippen LogP contribution in [0, 0.1) is 5.92 Å². The van der Waals surface area contributed by atoms with Crippen molar-refractivity contribution in [3.8, 4) is 0 Å². The van der Waals surface area contributed by atoms with Crippen LogP contribution in [0.1, 0.15) is 20.8 Å². The maximum Gasteiger partial charge on any atom is 0.368 e. The number of carbonyl (C=O) groups excluding carboxylic acids is 1. The molecular weight excluding hydrogens is 144 g/mol. The molecule has 0 rings (SSSR count). The molecule has 0 aliphatic heterocycles. The molecule has 0 saturated carbocycles.